The van der Waals surface area contributed by atoms with Crippen LogP contribution in [0, 0.1) is 17.2 Å². The van der Waals surface area contributed by atoms with Gasteiger partial charge >= 0.3 is 6.18 Å². The van der Waals surface area contributed by atoms with Gasteiger partial charge in [-0.25, -0.2) is 0 Å². The Labute approximate surface area is 116 Å². The van der Waals surface area contributed by atoms with Crippen LogP contribution in [0.3, 0.4) is 0 Å². The maximum absolute atomic E-state index is 12.8. The van der Waals surface area contributed by atoms with Crippen LogP contribution in [-0.2, 0) is 6.18 Å². The Bertz CT molecular complexity index is 525. The molecule has 1 aliphatic rings. The Morgan fingerprint density at radius 1 is 1.45 bits per heavy atom. The molecule has 0 bridgehead atoms. The molecule has 0 heterocycles. The highest BCUT2D eigenvalue weighted by Crippen LogP contribution is 2.39. The lowest BCUT2D eigenvalue weighted by Gasteiger charge is -2.21. The number of nitrogen functional groups attached to an aromatic ring is 1. The van der Waals surface area contributed by atoms with Gasteiger partial charge in [0.05, 0.1) is 5.56 Å². The molecule has 1 aromatic rings. The Morgan fingerprint density at radius 3 is 2.50 bits per heavy atom. The number of amidine groups is 1. The third-order valence-electron chi connectivity index (χ3n) is 3.82. The molecule has 0 amide bonds. The average Bonchev–Trinajstić information content (AvgIpc) is 3.02. The fourth-order valence-corrected chi connectivity index (χ4v) is 2.35. The van der Waals surface area contributed by atoms with Gasteiger partial charge in [-0.1, -0.05) is 6.92 Å². The zero-order chi connectivity index (χ0) is 15.1. The van der Waals surface area contributed by atoms with Crippen LogP contribution in [0.5, 0.6) is 0 Å². The van der Waals surface area contributed by atoms with Gasteiger partial charge in [0.1, 0.15) is 5.84 Å². The highest BCUT2D eigenvalue weighted by Gasteiger charge is 2.35. The van der Waals surface area contributed by atoms with Crippen molar-refractivity contribution in [3.8, 4) is 0 Å². The molecule has 0 radical (unpaired) electrons. The second-order valence-corrected chi connectivity index (χ2v) is 5.49. The highest BCUT2D eigenvalue weighted by atomic mass is 19.4. The van der Waals surface area contributed by atoms with Crippen LogP contribution in [0.25, 0.3) is 0 Å². The van der Waals surface area contributed by atoms with Gasteiger partial charge < -0.3 is 10.6 Å². The maximum atomic E-state index is 12.8. The fraction of sp³-hybridized carbons (Fsp3) is 0.500. The average molecular weight is 285 g/mol. The van der Waals surface area contributed by atoms with Crippen molar-refractivity contribution in [2.75, 3.05) is 18.5 Å². The summed E-state index contributed by atoms with van der Waals surface area (Å²) in [5, 5.41) is 7.34. The third-order valence-corrected chi connectivity index (χ3v) is 3.82. The van der Waals surface area contributed by atoms with Crippen molar-refractivity contribution in [2.45, 2.75) is 19.5 Å². The van der Waals surface area contributed by atoms with Crippen LogP contribution < -0.4 is 10.6 Å². The number of anilines is 1. The SMILES string of the molecule is CC1CC1CN(C)c1ccc(C(F)(F)F)c(C(=N)N)c1. The van der Waals surface area contributed by atoms with Crippen LogP contribution in [0.4, 0.5) is 18.9 Å². The van der Waals surface area contributed by atoms with Crippen LogP contribution >= 0.6 is 0 Å². The monoisotopic (exact) mass is 285 g/mol. The number of nitrogens with zero attached hydrogens (tertiary/aromatic N) is 1. The normalized spacial score (nSPS) is 21.6. The van der Waals surface area contributed by atoms with Crippen molar-refractivity contribution in [3.05, 3.63) is 29.3 Å². The number of nitrogens with two attached hydrogens (primary N) is 1. The summed E-state index contributed by atoms with van der Waals surface area (Å²) < 4.78 is 38.5. The standard InChI is InChI=1S/C14H18F3N3/c1-8-5-9(8)7-20(2)10-3-4-12(14(15,16)17)11(6-10)13(18)19/h3-4,6,8-9H,5,7H2,1-2H3,(H3,18,19). The quantitative estimate of drug-likeness (QED) is 0.660. The third kappa shape index (κ3) is 3.05. The summed E-state index contributed by atoms with van der Waals surface area (Å²) in [7, 11) is 1.84. The molecule has 0 spiro atoms. The number of benzene rings is 1. The zero-order valence-corrected chi connectivity index (χ0v) is 11.5. The second-order valence-electron chi connectivity index (χ2n) is 5.49. The molecule has 0 aromatic heterocycles. The topological polar surface area (TPSA) is 53.1 Å². The lowest BCUT2D eigenvalue weighted by molar-refractivity contribution is -0.137. The molecule has 3 N–H and O–H groups in total. The molecule has 1 saturated carbocycles. The smallest absolute Gasteiger partial charge is 0.384 e. The van der Waals surface area contributed by atoms with Gasteiger partial charge in [0.2, 0.25) is 0 Å². The van der Waals surface area contributed by atoms with E-state index >= 15 is 0 Å². The molecular weight excluding hydrogens is 267 g/mol. The summed E-state index contributed by atoms with van der Waals surface area (Å²) in [6.45, 7) is 2.97. The molecule has 1 fully saturated rings. The first kappa shape index (κ1) is 14.7. The van der Waals surface area contributed by atoms with E-state index in [-0.39, 0.29) is 5.56 Å². The van der Waals surface area contributed by atoms with Gasteiger partial charge in [-0.05, 0) is 36.5 Å². The first-order valence-electron chi connectivity index (χ1n) is 6.47. The minimum absolute atomic E-state index is 0.259. The summed E-state index contributed by atoms with van der Waals surface area (Å²) in [4.78, 5) is 1.92. The fourth-order valence-electron chi connectivity index (χ4n) is 2.35. The molecule has 110 valence electrons. The van der Waals surface area contributed by atoms with Crippen molar-refractivity contribution in [1.82, 2.24) is 0 Å². The molecule has 0 aliphatic heterocycles. The number of rotatable bonds is 4. The zero-order valence-electron chi connectivity index (χ0n) is 11.5. The van der Waals surface area contributed by atoms with Gasteiger partial charge in [0.25, 0.3) is 0 Å². The van der Waals surface area contributed by atoms with E-state index in [4.69, 9.17) is 11.1 Å². The first-order chi connectivity index (χ1) is 9.20. The predicted molar refractivity (Wildman–Crippen MR) is 73.0 cm³/mol. The van der Waals surface area contributed by atoms with Crippen molar-refractivity contribution in [1.29, 1.82) is 5.41 Å². The first-order valence-corrected chi connectivity index (χ1v) is 6.47. The van der Waals surface area contributed by atoms with Gasteiger partial charge in [-0.2, -0.15) is 13.2 Å². The maximum Gasteiger partial charge on any atom is 0.417 e. The highest BCUT2D eigenvalue weighted by molar-refractivity contribution is 5.97. The molecule has 2 rings (SSSR count). The van der Waals surface area contributed by atoms with Crippen LogP contribution in [0.15, 0.2) is 18.2 Å². The van der Waals surface area contributed by atoms with Gasteiger partial charge in [0, 0.05) is 24.8 Å². The van der Waals surface area contributed by atoms with Crippen LogP contribution in [0.1, 0.15) is 24.5 Å². The summed E-state index contributed by atoms with van der Waals surface area (Å²) in [5.41, 5.74) is 4.82. The largest absolute Gasteiger partial charge is 0.417 e. The molecular formula is C14H18F3N3. The van der Waals surface area contributed by atoms with E-state index in [2.05, 4.69) is 6.92 Å². The van der Waals surface area contributed by atoms with E-state index in [1.54, 1.807) is 0 Å². The molecule has 3 nitrogen and oxygen atoms in total. The molecule has 20 heavy (non-hydrogen) atoms. The Balaban J connectivity index is 2.27. The molecule has 1 aromatic carbocycles. The van der Waals surface area contributed by atoms with Crippen molar-refractivity contribution >= 4 is 11.5 Å². The molecule has 1 aliphatic carbocycles. The molecule has 0 saturated heterocycles. The number of alkyl halides is 3. The number of halogens is 3. The molecule has 2 unspecified atom stereocenters. The minimum atomic E-state index is -4.50. The van der Waals surface area contributed by atoms with Gasteiger partial charge in [0.15, 0.2) is 0 Å². The predicted octanol–water partition coefficient (Wildman–Crippen LogP) is 3.08. The number of hydrogen-bond donors (Lipinski definition) is 2. The van der Waals surface area contributed by atoms with E-state index in [9.17, 15) is 13.2 Å². The van der Waals surface area contributed by atoms with Crippen LogP contribution in [0.2, 0.25) is 0 Å². The van der Waals surface area contributed by atoms with E-state index in [1.807, 2.05) is 11.9 Å². The lowest BCUT2D eigenvalue weighted by Crippen LogP contribution is -2.23. The van der Waals surface area contributed by atoms with Gasteiger partial charge in [-0.3, -0.25) is 5.41 Å². The second kappa shape index (κ2) is 5.00. The van der Waals surface area contributed by atoms with Crippen molar-refractivity contribution < 1.29 is 13.2 Å². The summed E-state index contributed by atoms with van der Waals surface area (Å²) in [5.74, 6) is 0.717. The molecule has 2 atom stereocenters. The van der Waals surface area contributed by atoms with E-state index in [0.29, 0.717) is 17.5 Å². The summed E-state index contributed by atoms with van der Waals surface area (Å²) in [6.07, 6.45) is -3.34. The van der Waals surface area contributed by atoms with E-state index < -0.39 is 17.6 Å². The Morgan fingerprint density at radius 2 is 2.05 bits per heavy atom. The Kier molecular flexibility index (Phi) is 3.67. The van der Waals surface area contributed by atoms with Crippen molar-refractivity contribution in [2.24, 2.45) is 17.6 Å². The van der Waals surface area contributed by atoms with Crippen molar-refractivity contribution in [3.63, 3.8) is 0 Å². The number of hydrogen-bond acceptors (Lipinski definition) is 2. The van der Waals surface area contributed by atoms with Crippen LogP contribution in [-0.4, -0.2) is 19.4 Å². The lowest BCUT2D eigenvalue weighted by atomic mass is 10.0. The van der Waals surface area contributed by atoms with E-state index in [0.717, 1.165) is 19.0 Å². The van der Waals surface area contributed by atoms with E-state index in [1.165, 1.54) is 12.1 Å². The Hall–Kier alpha value is -1.72. The minimum Gasteiger partial charge on any atom is -0.384 e. The summed E-state index contributed by atoms with van der Waals surface area (Å²) in [6, 6.07) is 3.78. The number of nitrogens with one attached hydrogen (secondary N) is 1. The van der Waals surface area contributed by atoms with Gasteiger partial charge in [-0.15, -0.1) is 0 Å². The molecule has 6 heteroatoms. The summed E-state index contributed by atoms with van der Waals surface area (Å²) >= 11 is 0.